The van der Waals surface area contributed by atoms with Gasteiger partial charge in [-0.15, -0.1) is 0 Å². The summed E-state index contributed by atoms with van der Waals surface area (Å²) in [6.07, 6.45) is 0. The van der Waals surface area contributed by atoms with E-state index in [1.807, 2.05) is 0 Å². The second-order valence-corrected chi connectivity index (χ2v) is 8.66. The van der Waals surface area contributed by atoms with Crippen LogP contribution in [0.2, 0.25) is 0 Å². The number of carbonyl (C=O) groups excluding carboxylic acids is 2. The number of nitrogens with one attached hydrogen (secondary N) is 3. The molecule has 0 aliphatic carbocycles. The summed E-state index contributed by atoms with van der Waals surface area (Å²) in [6.45, 7) is 5.65. The molecule has 2 atom stereocenters. The van der Waals surface area contributed by atoms with Crippen LogP contribution in [0.5, 0.6) is 17.2 Å². The number of methoxy groups -OCH3 is 2. The van der Waals surface area contributed by atoms with Crippen LogP contribution in [0.25, 0.3) is 0 Å². The maximum absolute atomic E-state index is 12.7. The molecule has 0 bridgehead atoms. The average molecular weight is 564 g/mol. The lowest BCUT2D eigenvalue weighted by atomic mass is 9.89. The molecule has 1 heterocycles. The number of hydrogen-bond acceptors (Lipinski definition) is 7. The lowest BCUT2D eigenvalue weighted by Crippen LogP contribution is -2.51. The van der Waals surface area contributed by atoms with E-state index < -0.39 is 17.9 Å². The molecule has 1 aliphatic heterocycles. The van der Waals surface area contributed by atoms with Gasteiger partial charge in [-0.25, -0.2) is 0 Å². The van der Waals surface area contributed by atoms with Crippen molar-refractivity contribution in [3.05, 3.63) is 58.7 Å². The van der Waals surface area contributed by atoms with E-state index in [9.17, 15) is 9.59 Å². The van der Waals surface area contributed by atoms with Crippen molar-refractivity contribution in [2.24, 2.45) is 5.92 Å². The second-order valence-electron chi connectivity index (χ2n) is 7.39. The number of carbonyl (C=O) groups is 2. The molecular formula is C24H26BrN3O6S. The van der Waals surface area contributed by atoms with Crippen molar-refractivity contribution in [3.8, 4) is 17.2 Å². The number of rotatable bonds is 9. The van der Waals surface area contributed by atoms with Gasteiger partial charge in [-0.2, -0.15) is 0 Å². The largest absolute Gasteiger partial charge is 0.495 e. The molecule has 0 unspecified atom stereocenters. The fourth-order valence-corrected chi connectivity index (χ4v) is 4.42. The van der Waals surface area contributed by atoms with E-state index in [4.69, 9.17) is 31.2 Å². The van der Waals surface area contributed by atoms with Crippen molar-refractivity contribution in [2.75, 3.05) is 32.8 Å². The summed E-state index contributed by atoms with van der Waals surface area (Å²) in [5.41, 5.74) is 1.64. The highest BCUT2D eigenvalue weighted by molar-refractivity contribution is 9.10. The molecule has 3 N–H and O–H groups in total. The maximum Gasteiger partial charge on any atom is 0.317 e. The van der Waals surface area contributed by atoms with E-state index in [-0.39, 0.29) is 19.1 Å². The molecule has 1 saturated heterocycles. The van der Waals surface area contributed by atoms with Crippen molar-refractivity contribution in [2.45, 2.75) is 13.0 Å². The van der Waals surface area contributed by atoms with E-state index in [2.05, 4.69) is 38.5 Å². The van der Waals surface area contributed by atoms with Crippen molar-refractivity contribution in [1.29, 1.82) is 0 Å². The molecule has 2 aromatic carbocycles. The molecule has 35 heavy (non-hydrogen) atoms. The van der Waals surface area contributed by atoms with Gasteiger partial charge in [-0.3, -0.25) is 9.59 Å². The molecule has 0 aromatic heterocycles. The molecule has 1 aliphatic rings. The predicted octanol–water partition coefficient (Wildman–Crippen LogP) is 3.70. The fourth-order valence-electron chi connectivity index (χ4n) is 3.59. The number of anilines is 1. The minimum Gasteiger partial charge on any atom is -0.495 e. The summed E-state index contributed by atoms with van der Waals surface area (Å²) in [5.74, 6) is -0.309. The molecule has 0 radical (unpaired) electrons. The van der Waals surface area contributed by atoms with Gasteiger partial charge in [0.2, 0.25) is 0 Å². The molecule has 186 valence electrons. The SMILES string of the molecule is C=C1NC(=S)N[C@H](c2cc(OC)c(OCC(=O)Nc3ccccc3OC)cc2Br)[C@H]1C(=O)OCC. The lowest BCUT2D eigenvalue weighted by molar-refractivity contribution is -0.147. The Morgan fingerprint density at radius 3 is 2.54 bits per heavy atom. The number of ether oxygens (including phenoxy) is 4. The van der Waals surface area contributed by atoms with Crippen LogP contribution in [-0.2, 0) is 14.3 Å². The third-order valence-corrected chi connectivity index (χ3v) is 6.07. The van der Waals surface area contributed by atoms with Crippen LogP contribution < -0.4 is 30.2 Å². The number of esters is 1. The summed E-state index contributed by atoms with van der Waals surface area (Å²) in [6, 6.07) is 9.88. The summed E-state index contributed by atoms with van der Waals surface area (Å²) in [5, 5.41) is 9.08. The topological polar surface area (TPSA) is 107 Å². The van der Waals surface area contributed by atoms with Crippen molar-refractivity contribution < 1.29 is 28.5 Å². The molecule has 1 amide bonds. The van der Waals surface area contributed by atoms with E-state index in [1.165, 1.54) is 14.2 Å². The molecule has 3 rings (SSSR count). The van der Waals surface area contributed by atoms with E-state index >= 15 is 0 Å². The van der Waals surface area contributed by atoms with Crippen LogP contribution in [0.1, 0.15) is 18.5 Å². The quantitative estimate of drug-likeness (QED) is 0.311. The molecule has 1 fully saturated rings. The highest BCUT2D eigenvalue weighted by Gasteiger charge is 2.39. The zero-order chi connectivity index (χ0) is 25.5. The Kier molecular flexibility index (Phi) is 8.94. The van der Waals surface area contributed by atoms with Gasteiger partial charge in [0.25, 0.3) is 5.91 Å². The van der Waals surface area contributed by atoms with Gasteiger partial charge in [-0.1, -0.05) is 34.6 Å². The average Bonchev–Trinajstić information content (AvgIpc) is 2.82. The Labute approximate surface area is 217 Å². The van der Waals surface area contributed by atoms with Gasteiger partial charge in [-0.05, 0) is 49.0 Å². The molecular weight excluding hydrogens is 538 g/mol. The highest BCUT2D eigenvalue weighted by Crippen LogP contribution is 2.40. The van der Waals surface area contributed by atoms with Gasteiger partial charge < -0.3 is 34.9 Å². The minimum atomic E-state index is -0.735. The van der Waals surface area contributed by atoms with Crippen molar-refractivity contribution in [3.63, 3.8) is 0 Å². The van der Waals surface area contributed by atoms with Crippen molar-refractivity contribution in [1.82, 2.24) is 10.6 Å². The van der Waals surface area contributed by atoms with Gasteiger partial charge in [0.05, 0.1) is 32.6 Å². The Bertz CT molecular complexity index is 1140. The Morgan fingerprint density at radius 1 is 1.14 bits per heavy atom. The maximum atomic E-state index is 12.7. The summed E-state index contributed by atoms with van der Waals surface area (Å²) < 4.78 is 22.3. The van der Waals surface area contributed by atoms with Gasteiger partial charge >= 0.3 is 5.97 Å². The summed E-state index contributed by atoms with van der Waals surface area (Å²) in [7, 11) is 3.01. The lowest BCUT2D eigenvalue weighted by Gasteiger charge is -2.35. The number of amides is 1. The minimum absolute atomic E-state index is 0.230. The molecule has 11 heteroatoms. The van der Waals surface area contributed by atoms with E-state index in [0.717, 1.165) is 0 Å². The first-order valence-corrected chi connectivity index (χ1v) is 11.8. The zero-order valence-corrected chi connectivity index (χ0v) is 21.9. The first-order valence-electron chi connectivity index (χ1n) is 10.6. The van der Waals surface area contributed by atoms with Crippen molar-refractivity contribution >= 4 is 50.8 Å². The van der Waals surface area contributed by atoms with E-state index in [1.54, 1.807) is 43.3 Å². The van der Waals surface area contributed by atoms with Gasteiger partial charge in [0.15, 0.2) is 23.2 Å². The highest BCUT2D eigenvalue weighted by atomic mass is 79.9. The second kappa shape index (κ2) is 11.9. The number of hydrogen-bond donors (Lipinski definition) is 3. The molecule has 0 spiro atoms. The third-order valence-electron chi connectivity index (χ3n) is 5.17. The predicted molar refractivity (Wildman–Crippen MR) is 139 cm³/mol. The fraction of sp³-hybridized carbons (Fsp3) is 0.292. The van der Waals surface area contributed by atoms with Crippen LogP contribution >= 0.6 is 28.1 Å². The van der Waals surface area contributed by atoms with Crippen LogP contribution in [0, 0.1) is 5.92 Å². The number of thiocarbonyl (C=S) groups is 1. The first kappa shape index (κ1) is 26.3. The smallest absolute Gasteiger partial charge is 0.317 e. The van der Waals surface area contributed by atoms with Gasteiger partial charge in [0, 0.05) is 10.2 Å². The summed E-state index contributed by atoms with van der Waals surface area (Å²) >= 11 is 8.82. The van der Waals surface area contributed by atoms with Crippen LogP contribution in [0.15, 0.2) is 53.1 Å². The van der Waals surface area contributed by atoms with E-state index in [0.29, 0.717) is 43.8 Å². The molecule has 9 nitrogen and oxygen atoms in total. The molecule has 0 saturated carbocycles. The standard InChI is InChI=1S/C24H26BrN3O6S/c1-5-33-23(30)21-13(2)26-24(35)28-22(21)14-10-18(32-4)19(11-15(14)25)34-12-20(29)27-16-8-6-7-9-17(16)31-3/h6-11,21-22H,2,5,12H2,1,3-4H3,(H,27,29)(H2,26,28,35)/t21-,22+/m0/s1. The summed E-state index contributed by atoms with van der Waals surface area (Å²) in [4.78, 5) is 25.1. The Morgan fingerprint density at radius 2 is 1.86 bits per heavy atom. The third kappa shape index (κ3) is 6.23. The normalized spacial score (nSPS) is 17.0. The Balaban J connectivity index is 1.81. The number of para-hydroxylation sites is 2. The monoisotopic (exact) mass is 563 g/mol. The van der Waals surface area contributed by atoms with Crippen LogP contribution in [0.4, 0.5) is 5.69 Å². The van der Waals surface area contributed by atoms with Crippen LogP contribution in [0.3, 0.4) is 0 Å². The number of benzene rings is 2. The Hall–Kier alpha value is -3.31. The molecule has 2 aromatic rings. The first-order chi connectivity index (χ1) is 16.8. The number of halogens is 1. The zero-order valence-electron chi connectivity index (χ0n) is 19.5. The van der Waals surface area contributed by atoms with Gasteiger partial charge in [0.1, 0.15) is 11.7 Å². The van der Waals surface area contributed by atoms with Crippen LogP contribution in [-0.4, -0.2) is 44.4 Å².